The first-order chi connectivity index (χ1) is 15.2. The van der Waals surface area contributed by atoms with E-state index in [0.717, 1.165) is 37.7 Å². The first kappa shape index (κ1) is 23.5. The molecule has 0 saturated carbocycles. The Labute approximate surface area is 186 Å². The molecule has 0 unspecified atom stereocenters. The van der Waals surface area contributed by atoms with E-state index in [-0.39, 0.29) is 10.5 Å². The SMILES string of the molecule is CC#CCn1c(N2CCNCC2)nc2cnn(C)c(=O)c21.Cc1ccc(S(=O)(=O)O)cc1. The van der Waals surface area contributed by atoms with Gasteiger partial charge in [0, 0.05) is 33.2 Å². The van der Waals surface area contributed by atoms with Crippen LogP contribution in [0.2, 0.25) is 0 Å². The normalized spacial score (nSPS) is 13.8. The number of benzene rings is 1. The van der Waals surface area contributed by atoms with Crippen molar-refractivity contribution in [2.75, 3.05) is 31.1 Å². The minimum atomic E-state index is -4.02. The summed E-state index contributed by atoms with van der Waals surface area (Å²) in [4.78, 5) is 19.1. The maximum absolute atomic E-state index is 12.4. The fraction of sp³-hybridized carbons (Fsp3) is 0.381. The Morgan fingerprint density at radius 1 is 1.19 bits per heavy atom. The van der Waals surface area contributed by atoms with Crippen LogP contribution in [-0.4, -0.2) is 58.5 Å². The van der Waals surface area contributed by atoms with Crippen LogP contribution in [0.5, 0.6) is 0 Å². The zero-order valence-corrected chi connectivity index (χ0v) is 19.1. The number of hydrogen-bond acceptors (Lipinski definition) is 7. The lowest BCUT2D eigenvalue weighted by Gasteiger charge is -2.28. The molecule has 0 atom stereocenters. The third-order valence-electron chi connectivity index (χ3n) is 4.96. The van der Waals surface area contributed by atoms with Crippen molar-refractivity contribution in [3.63, 3.8) is 0 Å². The largest absolute Gasteiger partial charge is 0.340 e. The summed E-state index contributed by atoms with van der Waals surface area (Å²) in [5, 5.41) is 7.36. The molecule has 2 N–H and O–H groups in total. The summed E-state index contributed by atoms with van der Waals surface area (Å²) in [6, 6.07) is 5.99. The van der Waals surface area contributed by atoms with Crippen LogP contribution < -0.4 is 15.8 Å². The third-order valence-corrected chi connectivity index (χ3v) is 5.82. The molecule has 0 aliphatic carbocycles. The molecule has 0 bridgehead atoms. The molecule has 1 aliphatic heterocycles. The standard InChI is InChI=1S/C14H18N6O.C7H8O3S/c1-3-4-7-20-12-11(10-16-18(2)13(12)21)17-14(20)19-8-5-15-6-9-19;1-6-2-4-7(5-3-6)11(8,9)10/h10,15H,5-9H2,1-2H3;2-5H,1H3,(H,8,9,10). The average Bonchev–Trinajstić information content (AvgIpc) is 3.15. The molecule has 2 aromatic heterocycles. The summed E-state index contributed by atoms with van der Waals surface area (Å²) in [5.41, 5.74) is 2.02. The summed E-state index contributed by atoms with van der Waals surface area (Å²) >= 11 is 0. The highest BCUT2D eigenvalue weighted by atomic mass is 32.2. The second-order valence-electron chi connectivity index (χ2n) is 7.26. The van der Waals surface area contributed by atoms with Crippen molar-refractivity contribution >= 4 is 27.1 Å². The van der Waals surface area contributed by atoms with Gasteiger partial charge in [0.15, 0.2) is 0 Å². The molecular formula is C21H26N6O4S. The molecule has 3 heterocycles. The molecule has 1 saturated heterocycles. The zero-order valence-electron chi connectivity index (χ0n) is 18.2. The van der Waals surface area contributed by atoms with Gasteiger partial charge in [0.2, 0.25) is 5.95 Å². The first-order valence-corrected chi connectivity index (χ1v) is 11.5. The summed E-state index contributed by atoms with van der Waals surface area (Å²) in [6.07, 6.45) is 1.64. The van der Waals surface area contributed by atoms with Crippen LogP contribution in [0.3, 0.4) is 0 Å². The van der Waals surface area contributed by atoms with Crippen molar-refractivity contribution < 1.29 is 13.0 Å². The van der Waals surface area contributed by atoms with Crippen molar-refractivity contribution in [3.05, 3.63) is 46.4 Å². The second kappa shape index (κ2) is 9.95. The lowest BCUT2D eigenvalue weighted by Crippen LogP contribution is -2.44. The minimum Gasteiger partial charge on any atom is -0.340 e. The molecule has 32 heavy (non-hydrogen) atoms. The van der Waals surface area contributed by atoms with Crippen LogP contribution in [-0.2, 0) is 23.7 Å². The molecule has 10 nitrogen and oxygen atoms in total. The van der Waals surface area contributed by atoms with Crippen molar-refractivity contribution in [2.45, 2.75) is 25.3 Å². The van der Waals surface area contributed by atoms with E-state index in [2.05, 4.69) is 32.1 Å². The van der Waals surface area contributed by atoms with Gasteiger partial charge in [0.05, 0.1) is 17.6 Å². The molecule has 1 aliphatic rings. The van der Waals surface area contributed by atoms with E-state index in [1.165, 1.54) is 16.8 Å². The molecule has 4 rings (SSSR count). The molecule has 0 amide bonds. The average molecular weight is 459 g/mol. The number of nitrogens with zero attached hydrogens (tertiary/aromatic N) is 5. The Bertz CT molecular complexity index is 1310. The first-order valence-electron chi connectivity index (χ1n) is 10.0. The molecule has 0 radical (unpaired) electrons. The van der Waals surface area contributed by atoms with E-state index in [1.54, 1.807) is 32.3 Å². The summed E-state index contributed by atoms with van der Waals surface area (Å²) < 4.78 is 32.8. The number of fused-ring (bicyclic) bond motifs is 1. The van der Waals surface area contributed by atoms with E-state index in [9.17, 15) is 13.2 Å². The molecule has 1 fully saturated rings. The molecule has 0 spiro atoms. The Kier molecular flexibility index (Phi) is 7.29. The van der Waals surface area contributed by atoms with Crippen LogP contribution >= 0.6 is 0 Å². The van der Waals surface area contributed by atoms with Crippen LogP contribution in [0.4, 0.5) is 5.95 Å². The predicted molar refractivity (Wildman–Crippen MR) is 122 cm³/mol. The summed E-state index contributed by atoms with van der Waals surface area (Å²) in [7, 11) is -2.37. The fourth-order valence-electron chi connectivity index (χ4n) is 3.25. The van der Waals surface area contributed by atoms with E-state index >= 15 is 0 Å². The number of piperazine rings is 1. The van der Waals surface area contributed by atoms with Crippen LogP contribution in [0, 0.1) is 18.8 Å². The lowest BCUT2D eigenvalue weighted by atomic mass is 10.2. The van der Waals surface area contributed by atoms with Crippen molar-refractivity contribution in [3.8, 4) is 11.8 Å². The highest BCUT2D eigenvalue weighted by molar-refractivity contribution is 7.85. The molecular weight excluding hydrogens is 432 g/mol. The van der Waals surface area contributed by atoms with Gasteiger partial charge in [-0.3, -0.25) is 13.9 Å². The Morgan fingerprint density at radius 3 is 2.44 bits per heavy atom. The Morgan fingerprint density at radius 2 is 1.84 bits per heavy atom. The van der Waals surface area contributed by atoms with Crippen molar-refractivity contribution in [2.24, 2.45) is 7.05 Å². The minimum absolute atomic E-state index is 0.0666. The topological polar surface area (TPSA) is 122 Å². The van der Waals surface area contributed by atoms with Gasteiger partial charge in [0.1, 0.15) is 11.0 Å². The molecule has 3 aromatic rings. The number of imidazole rings is 1. The quantitative estimate of drug-likeness (QED) is 0.437. The summed E-state index contributed by atoms with van der Waals surface area (Å²) in [5.74, 6) is 6.72. The van der Waals surface area contributed by atoms with Gasteiger partial charge in [-0.2, -0.15) is 13.5 Å². The van der Waals surface area contributed by atoms with E-state index in [1.807, 2.05) is 11.5 Å². The van der Waals surface area contributed by atoms with Gasteiger partial charge in [0.25, 0.3) is 15.7 Å². The Balaban J connectivity index is 0.000000222. The van der Waals surface area contributed by atoms with E-state index in [4.69, 9.17) is 4.55 Å². The smallest absolute Gasteiger partial charge is 0.294 e. The van der Waals surface area contributed by atoms with E-state index < -0.39 is 10.1 Å². The van der Waals surface area contributed by atoms with Gasteiger partial charge in [-0.15, -0.1) is 5.92 Å². The third kappa shape index (κ3) is 5.34. The number of rotatable bonds is 3. The van der Waals surface area contributed by atoms with E-state index in [0.29, 0.717) is 17.6 Å². The monoisotopic (exact) mass is 458 g/mol. The predicted octanol–water partition coefficient (Wildman–Crippen LogP) is 0.805. The van der Waals surface area contributed by atoms with Crippen molar-refractivity contribution in [1.82, 2.24) is 24.6 Å². The number of nitrogens with one attached hydrogen (secondary N) is 1. The fourth-order valence-corrected chi connectivity index (χ4v) is 3.73. The maximum Gasteiger partial charge on any atom is 0.294 e. The number of hydrogen-bond donors (Lipinski definition) is 2. The van der Waals surface area contributed by atoms with Crippen LogP contribution in [0.15, 0.2) is 40.2 Å². The van der Waals surface area contributed by atoms with Crippen LogP contribution in [0.1, 0.15) is 12.5 Å². The van der Waals surface area contributed by atoms with Crippen molar-refractivity contribution in [1.29, 1.82) is 0 Å². The summed E-state index contributed by atoms with van der Waals surface area (Å²) in [6.45, 7) is 7.67. The highest BCUT2D eigenvalue weighted by Gasteiger charge is 2.20. The van der Waals surface area contributed by atoms with Gasteiger partial charge in [-0.1, -0.05) is 23.6 Å². The molecule has 170 valence electrons. The van der Waals surface area contributed by atoms with Gasteiger partial charge in [-0.25, -0.2) is 9.67 Å². The molecule has 11 heteroatoms. The van der Waals surface area contributed by atoms with Gasteiger partial charge < -0.3 is 10.2 Å². The van der Waals surface area contributed by atoms with Gasteiger partial charge in [-0.05, 0) is 26.0 Å². The number of aromatic nitrogens is 4. The second-order valence-corrected chi connectivity index (χ2v) is 8.68. The lowest BCUT2D eigenvalue weighted by molar-refractivity contribution is 0.483. The van der Waals surface area contributed by atoms with Crippen LogP contribution in [0.25, 0.3) is 11.0 Å². The number of aryl methyl sites for hydroxylation is 2. The van der Waals surface area contributed by atoms with Gasteiger partial charge >= 0.3 is 0 Å². The maximum atomic E-state index is 12.4. The molecule has 1 aromatic carbocycles. The number of anilines is 1. The highest BCUT2D eigenvalue weighted by Crippen LogP contribution is 2.20. The zero-order chi connectivity index (χ0) is 23.3. The Hall–Kier alpha value is -3.20.